The van der Waals surface area contributed by atoms with Crippen molar-refractivity contribution in [3.8, 4) is 0 Å². The first-order chi connectivity index (χ1) is 17.1. The van der Waals surface area contributed by atoms with E-state index in [4.69, 9.17) is 5.73 Å². The molecule has 4 N–H and O–H groups in total. The SMILES string of the molecule is Nc1c(S(=O)(=O)O)cc(Nc2cccc(S(=O)(=O)/C=C/S(=O)(=O)[O-])c2)c2c1C(=O)c1ccccc1C2=O.[Na+]. The predicted molar refractivity (Wildman–Crippen MR) is 130 cm³/mol. The van der Waals surface area contributed by atoms with Crippen molar-refractivity contribution >= 4 is 58.7 Å². The molecule has 0 unspecified atom stereocenters. The first-order valence-electron chi connectivity index (χ1n) is 9.99. The molecule has 12 nitrogen and oxygen atoms in total. The third-order valence-corrected chi connectivity index (χ3v) is 8.26. The number of nitrogen functional groups attached to an aromatic ring is 1. The number of sulfone groups is 1. The quantitative estimate of drug-likeness (QED) is 0.138. The Morgan fingerprint density at radius 3 is 1.95 bits per heavy atom. The van der Waals surface area contributed by atoms with Gasteiger partial charge in [0.2, 0.25) is 9.84 Å². The van der Waals surface area contributed by atoms with Gasteiger partial charge in [0.1, 0.15) is 15.0 Å². The van der Waals surface area contributed by atoms with Gasteiger partial charge in [0.25, 0.3) is 10.1 Å². The van der Waals surface area contributed by atoms with Gasteiger partial charge in [-0.3, -0.25) is 14.1 Å². The molecule has 0 spiro atoms. The summed E-state index contributed by atoms with van der Waals surface area (Å²) in [7, 11) is -14.4. The maximum absolute atomic E-state index is 13.3. The molecule has 0 amide bonds. The van der Waals surface area contributed by atoms with Crippen LogP contribution in [0.1, 0.15) is 31.8 Å². The van der Waals surface area contributed by atoms with E-state index in [1.165, 1.54) is 36.4 Å². The van der Waals surface area contributed by atoms with E-state index in [0.717, 1.165) is 18.2 Å². The molecule has 16 heteroatoms. The number of hydrogen-bond acceptors (Lipinski definition) is 11. The van der Waals surface area contributed by atoms with Crippen LogP contribution >= 0.6 is 0 Å². The Balaban J connectivity index is 0.00000400. The summed E-state index contributed by atoms with van der Waals surface area (Å²) in [6, 6.07) is 11.3. The van der Waals surface area contributed by atoms with Crippen LogP contribution in [0.2, 0.25) is 0 Å². The number of rotatable bonds is 6. The molecular weight excluding hydrogens is 571 g/mol. The fourth-order valence-electron chi connectivity index (χ4n) is 3.73. The van der Waals surface area contributed by atoms with Gasteiger partial charge < -0.3 is 15.6 Å². The van der Waals surface area contributed by atoms with Crippen LogP contribution in [-0.2, 0) is 30.1 Å². The van der Waals surface area contributed by atoms with Gasteiger partial charge >= 0.3 is 29.6 Å². The van der Waals surface area contributed by atoms with Gasteiger partial charge in [-0.25, -0.2) is 16.8 Å². The molecule has 38 heavy (non-hydrogen) atoms. The first kappa shape index (κ1) is 29.7. The molecule has 0 aliphatic heterocycles. The van der Waals surface area contributed by atoms with Crippen LogP contribution in [0.5, 0.6) is 0 Å². The molecule has 0 atom stereocenters. The Labute approximate surface area is 239 Å². The average Bonchev–Trinajstić information content (AvgIpc) is 2.81. The fraction of sp³-hybridized carbons (Fsp3) is 0. The van der Waals surface area contributed by atoms with Gasteiger partial charge in [0.15, 0.2) is 11.6 Å². The number of anilines is 3. The number of nitrogens with one attached hydrogen (secondary N) is 1. The summed E-state index contributed by atoms with van der Waals surface area (Å²) >= 11 is 0. The van der Waals surface area contributed by atoms with E-state index in [1.807, 2.05) is 0 Å². The zero-order valence-electron chi connectivity index (χ0n) is 19.3. The van der Waals surface area contributed by atoms with Gasteiger partial charge in [0.05, 0.1) is 27.4 Å². The second-order valence-electron chi connectivity index (χ2n) is 7.73. The second-order valence-corrected chi connectivity index (χ2v) is 12.2. The van der Waals surface area contributed by atoms with E-state index in [0.29, 0.717) is 0 Å². The Morgan fingerprint density at radius 2 is 1.39 bits per heavy atom. The number of carbonyl (C=O) groups excluding carboxylic acids is 2. The van der Waals surface area contributed by atoms with Gasteiger partial charge in [-0.15, -0.1) is 0 Å². The van der Waals surface area contributed by atoms with Crippen molar-refractivity contribution in [2.45, 2.75) is 9.79 Å². The van der Waals surface area contributed by atoms with Crippen molar-refractivity contribution in [2.24, 2.45) is 0 Å². The number of hydrogen-bond donors (Lipinski definition) is 3. The Bertz CT molecular complexity index is 1870. The van der Waals surface area contributed by atoms with E-state index >= 15 is 0 Å². The molecule has 0 heterocycles. The molecular formula is C22H15N2NaO10S3. The monoisotopic (exact) mass is 586 g/mol. The average molecular weight is 587 g/mol. The minimum atomic E-state index is -4.98. The molecule has 0 saturated carbocycles. The van der Waals surface area contributed by atoms with Crippen molar-refractivity contribution in [3.05, 3.63) is 87.7 Å². The Morgan fingerprint density at radius 1 is 0.816 bits per heavy atom. The molecule has 3 aromatic rings. The molecule has 0 aromatic heterocycles. The number of benzene rings is 3. The largest absolute Gasteiger partial charge is 1.00 e. The van der Waals surface area contributed by atoms with Crippen molar-refractivity contribution in [1.82, 2.24) is 0 Å². The number of fused-ring (bicyclic) bond motifs is 2. The van der Waals surface area contributed by atoms with Gasteiger partial charge in [-0.05, 0) is 24.3 Å². The number of ketones is 2. The summed E-state index contributed by atoms with van der Waals surface area (Å²) in [5.41, 5.74) is 4.17. The standard InChI is InChI=1S/C22H16N2O10S3.Na/c23-20-17(37(32,33)34)11-16(18-19(20)22(26)15-7-2-1-6-14(15)21(18)25)24-12-4-3-5-13(10-12)35(27,28)8-9-36(29,30)31;/h1-11,24H,23H2,(H,29,30,31)(H,32,33,34);/q;+1/p-1/b9-8+;. The van der Waals surface area contributed by atoms with Crippen molar-refractivity contribution in [2.75, 3.05) is 11.1 Å². The number of nitrogens with two attached hydrogens (primary N) is 1. The molecule has 0 bridgehead atoms. The third kappa shape index (κ3) is 5.74. The molecule has 1 aliphatic rings. The van der Waals surface area contributed by atoms with Crippen LogP contribution in [0.4, 0.5) is 17.1 Å². The normalized spacial score (nSPS) is 13.5. The van der Waals surface area contributed by atoms with Crippen LogP contribution in [0, 0.1) is 0 Å². The summed E-state index contributed by atoms with van der Waals surface area (Å²) in [4.78, 5) is 25.2. The first-order valence-corrected chi connectivity index (χ1v) is 14.4. The van der Waals surface area contributed by atoms with Crippen LogP contribution in [0.3, 0.4) is 0 Å². The van der Waals surface area contributed by atoms with Crippen molar-refractivity contribution in [3.63, 3.8) is 0 Å². The molecule has 0 saturated heterocycles. The Hall–Kier alpha value is -2.89. The van der Waals surface area contributed by atoms with Crippen LogP contribution in [-0.4, -0.2) is 45.9 Å². The zero-order valence-corrected chi connectivity index (χ0v) is 23.7. The van der Waals surface area contributed by atoms with Crippen molar-refractivity contribution < 1.29 is 73.5 Å². The van der Waals surface area contributed by atoms with E-state index in [-0.39, 0.29) is 68.4 Å². The minimum absolute atomic E-state index is 0. The molecule has 3 aromatic carbocycles. The number of carbonyl (C=O) groups is 2. The molecule has 0 fully saturated rings. The molecule has 192 valence electrons. The van der Waals surface area contributed by atoms with Crippen LogP contribution < -0.4 is 40.6 Å². The van der Waals surface area contributed by atoms with Crippen molar-refractivity contribution in [1.29, 1.82) is 0 Å². The summed E-state index contributed by atoms with van der Waals surface area (Å²) < 4.78 is 90.9. The fourth-order valence-corrected chi connectivity index (χ4v) is 6.22. The van der Waals surface area contributed by atoms with E-state index in [9.17, 15) is 43.9 Å². The maximum atomic E-state index is 13.3. The second kappa shape index (κ2) is 10.3. The summed E-state index contributed by atoms with van der Waals surface area (Å²) in [6.07, 6.45) is 0. The Kier molecular flexibility index (Phi) is 8.08. The van der Waals surface area contributed by atoms with Gasteiger partial charge in [-0.2, -0.15) is 8.42 Å². The van der Waals surface area contributed by atoms with E-state index in [1.54, 1.807) is 0 Å². The predicted octanol–water partition coefficient (Wildman–Crippen LogP) is -1.17. The zero-order chi connectivity index (χ0) is 27.3. The van der Waals surface area contributed by atoms with Crippen LogP contribution in [0.25, 0.3) is 0 Å². The van der Waals surface area contributed by atoms with E-state index in [2.05, 4.69) is 5.32 Å². The third-order valence-electron chi connectivity index (χ3n) is 5.32. The van der Waals surface area contributed by atoms with Gasteiger partial charge in [-0.1, -0.05) is 30.3 Å². The molecule has 1 aliphatic carbocycles. The maximum Gasteiger partial charge on any atom is 1.00 e. The van der Waals surface area contributed by atoms with E-state index < -0.39 is 62.7 Å². The summed E-state index contributed by atoms with van der Waals surface area (Å²) in [5.74, 6) is -1.45. The summed E-state index contributed by atoms with van der Waals surface area (Å²) in [5, 5.41) is 2.84. The van der Waals surface area contributed by atoms with Gasteiger partial charge in [0, 0.05) is 27.6 Å². The topological polar surface area (TPSA) is 218 Å². The molecule has 0 radical (unpaired) electrons. The summed E-state index contributed by atoms with van der Waals surface area (Å²) in [6.45, 7) is 0. The van der Waals surface area contributed by atoms with Crippen LogP contribution in [0.15, 0.2) is 75.2 Å². The molecule has 4 rings (SSSR count). The smallest absolute Gasteiger partial charge is 0.744 e. The minimum Gasteiger partial charge on any atom is -0.744 e.